The highest BCUT2D eigenvalue weighted by Gasteiger charge is 2.27. The fourth-order valence-corrected chi connectivity index (χ4v) is 4.08. The van der Waals surface area contributed by atoms with Crippen molar-refractivity contribution < 1.29 is 9.13 Å². The van der Waals surface area contributed by atoms with Crippen LogP contribution in [0.4, 0.5) is 10.1 Å². The van der Waals surface area contributed by atoms with E-state index in [9.17, 15) is 4.39 Å². The highest BCUT2D eigenvalue weighted by atomic mass is 19.1. The van der Waals surface area contributed by atoms with E-state index < -0.39 is 0 Å². The minimum absolute atomic E-state index is 0.267. The molecule has 0 amide bonds. The maximum atomic E-state index is 13.4. The van der Waals surface area contributed by atoms with Crippen molar-refractivity contribution in [3.05, 3.63) is 60.2 Å². The number of rotatable bonds is 4. The maximum Gasteiger partial charge on any atom is 0.140 e. The number of benzene rings is 2. The third-order valence-corrected chi connectivity index (χ3v) is 6.17. The number of nitrogens with one attached hydrogen (secondary N) is 1. The predicted octanol–water partition coefficient (Wildman–Crippen LogP) is 4.40. The van der Waals surface area contributed by atoms with Crippen LogP contribution in [-0.2, 0) is 6.42 Å². The van der Waals surface area contributed by atoms with Gasteiger partial charge in [-0.05, 0) is 56.2 Å². The summed E-state index contributed by atoms with van der Waals surface area (Å²) in [6, 6.07) is 11.4. The molecule has 29 heavy (non-hydrogen) atoms. The van der Waals surface area contributed by atoms with Crippen LogP contribution in [0, 0.1) is 5.82 Å². The first-order valence-electron chi connectivity index (χ1n) is 10.2. The van der Waals surface area contributed by atoms with Gasteiger partial charge in [0, 0.05) is 54.8 Å². The van der Waals surface area contributed by atoms with E-state index in [2.05, 4.69) is 47.6 Å². The Balaban J connectivity index is 1.59. The first-order valence-corrected chi connectivity index (χ1v) is 10.2. The fraction of sp³-hybridized carbons (Fsp3) is 0.348. The van der Waals surface area contributed by atoms with Crippen molar-refractivity contribution in [3.63, 3.8) is 0 Å². The molecule has 0 bridgehead atoms. The second-order valence-electron chi connectivity index (χ2n) is 8.02. The normalized spacial score (nSPS) is 19.0. The SMILES string of the molecule is CC1CCc2c(ccc(-c3cnn(C4CNC4)c3)c2Oc2ccc(F)cc2)N1C. The summed E-state index contributed by atoms with van der Waals surface area (Å²) >= 11 is 0. The molecule has 0 spiro atoms. The maximum absolute atomic E-state index is 13.4. The lowest BCUT2D eigenvalue weighted by Gasteiger charge is -2.35. The largest absolute Gasteiger partial charge is 0.456 e. The lowest BCUT2D eigenvalue weighted by atomic mass is 9.93. The zero-order valence-electron chi connectivity index (χ0n) is 16.7. The van der Waals surface area contributed by atoms with Crippen LogP contribution in [-0.4, -0.2) is 36.0 Å². The third kappa shape index (κ3) is 3.27. The van der Waals surface area contributed by atoms with Gasteiger partial charge in [-0.2, -0.15) is 5.10 Å². The van der Waals surface area contributed by atoms with Crippen molar-refractivity contribution in [1.29, 1.82) is 0 Å². The third-order valence-electron chi connectivity index (χ3n) is 6.17. The highest BCUT2D eigenvalue weighted by Crippen LogP contribution is 2.44. The molecule has 2 aromatic carbocycles. The number of halogens is 1. The van der Waals surface area contributed by atoms with Gasteiger partial charge in [0.25, 0.3) is 0 Å². The molecule has 1 aromatic heterocycles. The van der Waals surface area contributed by atoms with Gasteiger partial charge in [-0.3, -0.25) is 4.68 Å². The smallest absolute Gasteiger partial charge is 0.140 e. The molecular formula is C23H25FN4O. The van der Waals surface area contributed by atoms with E-state index in [1.165, 1.54) is 23.4 Å². The lowest BCUT2D eigenvalue weighted by Crippen LogP contribution is -2.43. The number of anilines is 1. The summed E-state index contributed by atoms with van der Waals surface area (Å²) in [5, 5.41) is 7.86. The van der Waals surface area contributed by atoms with E-state index >= 15 is 0 Å². The van der Waals surface area contributed by atoms with Gasteiger partial charge in [0.15, 0.2) is 0 Å². The molecule has 2 aliphatic heterocycles. The first kappa shape index (κ1) is 18.2. The van der Waals surface area contributed by atoms with Crippen LogP contribution in [0.2, 0.25) is 0 Å². The number of fused-ring (bicyclic) bond motifs is 1. The Morgan fingerprint density at radius 1 is 1.14 bits per heavy atom. The summed E-state index contributed by atoms with van der Waals surface area (Å²) < 4.78 is 21.8. The average Bonchev–Trinajstić information content (AvgIpc) is 3.14. The van der Waals surface area contributed by atoms with Gasteiger partial charge in [0.05, 0.1) is 12.2 Å². The fourth-order valence-electron chi connectivity index (χ4n) is 4.08. The number of ether oxygens (including phenoxy) is 1. The van der Waals surface area contributed by atoms with E-state index in [4.69, 9.17) is 4.74 Å². The van der Waals surface area contributed by atoms with Gasteiger partial charge in [-0.15, -0.1) is 0 Å². The molecule has 1 unspecified atom stereocenters. The molecule has 3 aromatic rings. The van der Waals surface area contributed by atoms with Crippen LogP contribution in [0.3, 0.4) is 0 Å². The Labute approximate surface area is 170 Å². The van der Waals surface area contributed by atoms with Crippen LogP contribution in [0.15, 0.2) is 48.8 Å². The van der Waals surface area contributed by atoms with Crippen molar-refractivity contribution in [3.8, 4) is 22.6 Å². The van der Waals surface area contributed by atoms with Gasteiger partial charge in [0.2, 0.25) is 0 Å². The van der Waals surface area contributed by atoms with Gasteiger partial charge in [0.1, 0.15) is 17.3 Å². The van der Waals surface area contributed by atoms with E-state index in [-0.39, 0.29) is 5.82 Å². The van der Waals surface area contributed by atoms with Crippen molar-refractivity contribution in [1.82, 2.24) is 15.1 Å². The number of aromatic nitrogens is 2. The predicted molar refractivity (Wildman–Crippen MR) is 112 cm³/mol. The highest BCUT2D eigenvalue weighted by molar-refractivity contribution is 5.78. The van der Waals surface area contributed by atoms with Gasteiger partial charge >= 0.3 is 0 Å². The molecule has 2 aliphatic rings. The molecule has 0 aliphatic carbocycles. The van der Waals surface area contributed by atoms with Gasteiger partial charge in [-0.1, -0.05) is 0 Å². The summed E-state index contributed by atoms with van der Waals surface area (Å²) in [5.74, 6) is 1.22. The van der Waals surface area contributed by atoms with Gasteiger partial charge in [-0.25, -0.2) is 4.39 Å². The van der Waals surface area contributed by atoms with E-state index in [0.717, 1.165) is 42.8 Å². The monoisotopic (exact) mass is 392 g/mol. The molecule has 150 valence electrons. The summed E-state index contributed by atoms with van der Waals surface area (Å²) in [7, 11) is 2.13. The Kier molecular flexibility index (Phi) is 4.51. The molecule has 5 rings (SSSR count). The Morgan fingerprint density at radius 3 is 2.66 bits per heavy atom. The van der Waals surface area contributed by atoms with Crippen molar-refractivity contribution >= 4 is 5.69 Å². The van der Waals surface area contributed by atoms with Crippen LogP contribution in [0.1, 0.15) is 24.9 Å². The second-order valence-corrected chi connectivity index (χ2v) is 8.02. The molecule has 5 nitrogen and oxygen atoms in total. The number of nitrogens with zero attached hydrogens (tertiary/aromatic N) is 3. The molecule has 1 atom stereocenters. The van der Waals surface area contributed by atoms with E-state index in [1.807, 2.05) is 10.9 Å². The van der Waals surface area contributed by atoms with Crippen LogP contribution >= 0.6 is 0 Å². The molecule has 0 saturated carbocycles. The van der Waals surface area contributed by atoms with Gasteiger partial charge < -0.3 is 15.0 Å². The molecule has 0 radical (unpaired) electrons. The summed E-state index contributed by atoms with van der Waals surface area (Å²) in [5.41, 5.74) is 4.46. The molecule has 3 heterocycles. The quantitative estimate of drug-likeness (QED) is 0.715. The summed E-state index contributed by atoms with van der Waals surface area (Å²) in [4.78, 5) is 2.31. The Hall–Kier alpha value is -2.86. The summed E-state index contributed by atoms with van der Waals surface area (Å²) in [6.07, 6.45) is 6.03. The van der Waals surface area contributed by atoms with Crippen LogP contribution in [0.5, 0.6) is 11.5 Å². The minimum Gasteiger partial charge on any atom is -0.456 e. The van der Waals surface area contributed by atoms with E-state index in [1.54, 1.807) is 12.1 Å². The van der Waals surface area contributed by atoms with Crippen molar-refractivity contribution in [2.45, 2.75) is 31.8 Å². The van der Waals surface area contributed by atoms with Crippen molar-refractivity contribution in [2.75, 3.05) is 25.0 Å². The first-order chi connectivity index (χ1) is 14.1. The molecule has 1 N–H and O–H groups in total. The minimum atomic E-state index is -0.267. The zero-order chi connectivity index (χ0) is 20.0. The van der Waals surface area contributed by atoms with Crippen LogP contribution in [0.25, 0.3) is 11.1 Å². The lowest BCUT2D eigenvalue weighted by molar-refractivity contribution is 0.318. The number of hydrogen-bond donors (Lipinski definition) is 1. The average molecular weight is 392 g/mol. The number of hydrogen-bond acceptors (Lipinski definition) is 4. The molecule has 1 fully saturated rings. The topological polar surface area (TPSA) is 42.3 Å². The molecular weight excluding hydrogens is 367 g/mol. The second kappa shape index (κ2) is 7.19. The Bertz CT molecular complexity index is 1030. The van der Waals surface area contributed by atoms with Crippen LogP contribution < -0.4 is 15.0 Å². The zero-order valence-corrected chi connectivity index (χ0v) is 16.7. The molecule has 6 heteroatoms. The Morgan fingerprint density at radius 2 is 1.93 bits per heavy atom. The van der Waals surface area contributed by atoms with E-state index in [0.29, 0.717) is 17.8 Å². The standard InChI is InChI=1S/C23H25FN4O/c1-15-3-8-21-22(27(15)2)10-9-20(16-11-26-28(14-16)18-12-25-13-18)23(21)29-19-6-4-17(24)5-7-19/h4-7,9-11,14-15,18,25H,3,8,12-13H2,1-2H3. The van der Waals surface area contributed by atoms with Crippen molar-refractivity contribution in [2.24, 2.45) is 0 Å². The molecule has 1 saturated heterocycles. The summed E-state index contributed by atoms with van der Waals surface area (Å²) in [6.45, 7) is 4.15.